The van der Waals surface area contributed by atoms with Gasteiger partial charge in [-0.3, -0.25) is 9.69 Å². The number of carbonyl (C=O) groups excluding carboxylic acids is 1. The number of carbonyl (C=O) groups is 1. The number of benzene rings is 1. The van der Waals surface area contributed by atoms with E-state index in [1.165, 1.54) is 25.7 Å². The molecule has 1 N–H and O–H groups in total. The van der Waals surface area contributed by atoms with Gasteiger partial charge in [-0.1, -0.05) is 36.0 Å². The van der Waals surface area contributed by atoms with Gasteiger partial charge >= 0.3 is 0 Å². The quantitative estimate of drug-likeness (QED) is 0.920. The standard InChI is InChI=1S/C14H18Cl2N2O/c15-11-5-6-12(16)13(9-11)17-14(19)10-18-7-3-1-2-4-8-18/h5-6,9H,1-4,7-8,10H2,(H,17,19). The van der Waals surface area contributed by atoms with E-state index in [9.17, 15) is 4.79 Å². The molecule has 0 saturated carbocycles. The molecule has 0 atom stereocenters. The number of nitrogens with zero attached hydrogens (tertiary/aromatic N) is 1. The van der Waals surface area contributed by atoms with Crippen molar-refractivity contribution in [3.8, 4) is 0 Å². The van der Waals surface area contributed by atoms with Gasteiger partial charge in [0.05, 0.1) is 17.3 Å². The SMILES string of the molecule is O=C(CN1CCCCCC1)Nc1cc(Cl)ccc1Cl. The van der Waals surface area contributed by atoms with Gasteiger partial charge in [-0.25, -0.2) is 0 Å². The Balaban J connectivity index is 1.91. The highest BCUT2D eigenvalue weighted by molar-refractivity contribution is 6.35. The van der Waals surface area contributed by atoms with Crippen LogP contribution in [0.2, 0.25) is 10.0 Å². The van der Waals surface area contributed by atoms with E-state index < -0.39 is 0 Å². The van der Waals surface area contributed by atoms with Gasteiger partial charge in [-0.05, 0) is 44.1 Å². The maximum atomic E-state index is 12.0. The van der Waals surface area contributed by atoms with Crippen LogP contribution in [-0.2, 0) is 4.79 Å². The van der Waals surface area contributed by atoms with Crippen LogP contribution in [0.5, 0.6) is 0 Å². The zero-order valence-electron chi connectivity index (χ0n) is 10.8. The number of hydrogen-bond acceptors (Lipinski definition) is 2. The predicted octanol–water partition coefficient (Wildman–Crippen LogP) is 3.81. The monoisotopic (exact) mass is 300 g/mol. The summed E-state index contributed by atoms with van der Waals surface area (Å²) in [4.78, 5) is 14.2. The van der Waals surface area contributed by atoms with Crippen LogP contribution < -0.4 is 5.32 Å². The first-order valence-corrected chi connectivity index (χ1v) is 7.38. The van der Waals surface area contributed by atoms with E-state index in [-0.39, 0.29) is 5.91 Å². The summed E-state index contributed by atoms with van der Waals surface area (Å²) in [5.74, 6) is -0.0360. The van der Waals surface area contributed by atoms with Crippen LogP contribution >= 0.6 is 23.2 Å². The van der Waals surface area contributed by atoms with E-state index in [2.05, 4.69) is 10.2 Å². The Morgan fingerprint density at radius 2 is 1.84 bits per heavy atom. The topological polar surface area (TPSA) is 32.3 Å². The number of rotatable bonds is 3. The zero-order chi connectivity index (χ0) is 13.7. The second-order valence-electron chi connectivity index (χ2n) is 4.86. The number of anilines is 1. The molecule has 0 unspecified atom stereocenters. The zero-order valence-corrected chi connectivity index (χ0v) is 12.3. The lowest BCUT2D eigenvalue weighted by Gasteiger charge is -2.19. The van der Waals surface area contributed by atoms with E-state index in [1.54, 1.807) is 18.2 Å². The number of likely N-dealkylation sites (tertiary alicyclic amines) is 1. The number of hydrogen-bond donors (Lipinski definition) is 1. The van der Waals surface area contributed by atoms with Gasteiger partial charge < -0.3 is 5.32 Å². The van der Waals surface area contributed by atoms with E-state index >= 15 is 0 Å². The summed E-state index contributed by atoms with van der Waals surface area (Å²) in [5.41, 5.74) is 0.578. The third-order valence-electron chi connectivity index (χ3n) is 3.27. The highest BCUT2D eigenvalue weighted by Gasteiger charge is 2.14. The van der Waals surface area contributed by atoms with Gasteiger partial charge in [0, 0.05) is 5.02 Å². The Labute approximate surface area is 123 Å². The number of nitrogens with one attached hydrogen (secondary N) is 1. The van der Waals surface area contributed by atoms with Crippen molar-refractivity contribution in [2.45, 2.75) is 25.7 Å². The molecular formula is C14H18Cl2N2O. The predicted molar refractivity (Wildman–Crippen MR) is 80.0 cm³/mol. The fraction of sp³-hybridized carbons (Fsp3) is 0.500. The first kappa shape index (κ1) is 14.6. The molecule has 0 aliphatic carbocycles. The molecule has 1 fully saturated rings. The van der Waals surface area contributed by atoms with Crippen LogP contribution in [0.4, 0.5) is 5.69 Å². The highest BCUT2D eigenvalue weighted by atomic mass is 35.5. The largest absolute Gasteiger partial charge is 0.324 e. The molecule has 0 bridgehead atoms. The molecule has 2 rings (SSSR count). The molecule has 0 radical (unpaired) electrons. The number of amides is 1. The van der Waals surface area contributed by atoms with Crippen LogP contribution in [0.1, 0.15) is 25.7 Å². The summed E-state index contributed by atoms with van der Waals surface area (Å²) in [6, 6.07) is 5.06. The maximum Gasteiger partial charge on any atom is 0.238 e. The molecule has 1 heterocycles. The summed E-state index contributed by atoms with van der Waals surface area (Å²) < 4.78 is 0. The molecular weight excluding hydrogens is 283 g/mol. The van der Waals surface area contributed by atoms with Crippen molar-refractivity contribution < 1.29 is 4.79 Å². The van der Waals surface area contributed by atoms with Crippen molar-refractivity contribution in [3.63, 3.8) is 0 Å². The van der Waals surface area contributed by atoms with Gasteiger partial charge in [0.1, 0.15) is 0 Å². The molecule has 0 aromatic heterocycles. The average molecular weight is 301 g/mol. The van der Waals surface area contributed by atoms with Crippen LogP contribution in [0.15, 0.2) is 18.2 Å². The normalized spacial score (nSPS) is 16.9. The van der Waals surface area contributed by atoms with Gasteiger partial charge in [-0.2, -0.15) is 0 Å². The molecule has 5 heteroatoms. The second-order valence-corrected chi connectivity index (χ2v) is 5.71. The molecule has 1 saturated heterocycles. The van der Waals surface area contributed by atoms with Gasteiger partial charge in [-0.15, -0.1) is 0 Å². The number of halogens is 2. The third-order valence-corrected chi connectivity index (χ3v) is 3.83. The first-order valence-electron chi connectivity index (χ1n) is 6.62. The highest BCUT2D eigenvalue weighted by Crippen LogP contribution is 2.25. The van der Waals surface area contributed by atoms with Crippen LogP contribution in [0, 0.1) is 0 Å². The van der Waals surface area contributed by atoms with E-state index in [0.717, 1.165) is 13.1 Å². The Hall–Kier alpha value is -0.770. The lowest BCUT2D eigenvalue weighted by atomic mass is 10.2. The summed E-state index contributed by atoms with van der Waals surface area (Å²) in [7, 11) is 0. The molecule has 104 valence electrons. The Morgan fingerprint density at radius 1 is 1.16 bits per heavy atom. The lowest BCUT2D eigenvalue weighted by Crippen LogP contribution is -2.33. The van der Waals surface area contributed by atoms with Gasteiger partial charge in [0.2, 0.25) is 5.91 Å². The van der Waals surface area contributed by atoms with E-state index in [4.69, 9.17) is 23.2 Å². The van der Waals surface area contributed by atoms with Crippen molar-refractivity contribution in [3.05, 3.63) is 28.2 Å². The van der Waals surface area contributed by atoms with Gasteiger partial charge in [0.25, 0.3) is 0 Å². The second kappa shape index (κ2) is 7.13. The van der Waals surface area contributed by atoms with E-state index in [1.807, 2.05) is 0 Å². The fourth-order valence-corrected chi connectivity index (χ4v) is 2.62. The molecule has 1 aliphatic rings. The Morgan fingerprint density at radius 3 is 2.53 bits per heavy atom. The summed E-state index contributed by atoms with van der Waals surface area (Å²) in [6.45, 7) is 2.41. The summed E-state index contributed by atoms with van der Waals surface area (Å²) in [6.07, 6.45) is 4.87. The maximum absolute atomic E-state index is 12.0. The van der Waals surface area contributed by atoms with Gasteiger partial charge in [0.15, 0.2) is 0 Å². The molecule has 3 nitrogen and oxygen atoms in total. The van der Waals surface area contributed by atoms with Crippen LogP contribution in [-0.4, -0.2) is 30.4 Å². The Bertz CT molecular complexity index is 443. The van der Waals surface area contributed by atoms with Crippen LogP contribution in [0.25, 0.3) is 0 Å². The molecule has 1 aromatic rings. The molecule has 1 amide bonds. The minimum absolute atomic E-state index is 0.0360. The van der Waals surface area contributed by atoms with Crippen molar-refractivity contribution in [1.29, 1.82) is 0 Å². The summed E-state index contributed by atoms with van der Waals surface area (Å²) >= 11 is 11.9. The van der Waals surface area contributed by atoms with E-state index in [0.29, 0.717) is 22.3 Å². The average Bonchev–Trinajstić information content (AvgIpc) is 2.62. The van der Waals surface area contributed by atoms with Crippen molar-refractivity contribution in [2.24, 2.45) is 0 Å². The lowest BCUT2D eigenvalue weighted by molar-refractivity contribution is -0.117. The van der Waals surface area contributed by atoms with Crippen molar-refractivity contribution in [2.75, 3.05) is 25.0 Å². The third kappa shape index (κ3) is 4.68. The molecule has 1 aromatic carbocycles. The molecule has 1 aliphatic heterocycles. The minimum Gasteiger partial charge on any atom is -0.324 e. The first-order chi connectivity index (χ1) is 9.15. The minimum atomic E-state index is -0.0360. The fourth-order valence-electron chi connectivity index (χ4n) is 2.28. The molecule has 0 spiro atoms. The smallest absolute Gasteiger partial charge is 0.238 e. The van der Waals surface area contributed by atoms with Crippen molar-refractivity contribution in [1.82, 2.24) is 4.90 Å². The van der Waals surface area contributed by atoms with Crippen molar-refractivity contribution >= 4 is 34.8 Å². The summed E-state index contributed by atoms with van der Waals surface area (Å²) in [5, 5.41) is 3.89. The van der Waals surface area contributed by atoms with Crippen LogP contribution in [0.3, 0.4) is 0 Å². The molecule has 19 heavy (non-hydrogen) atoms. The Kier molecular flexibility index (Phi) is 5.49.